The van der Waals surface area contributed by atoms with Crippen molar-refractivity contribution >= 4 is 27.3 Å². The van der Waals surface area contributed by atoms with Crippen molar-refractivity contribution < 1.29 is 17.6 Å². The van der Waals surface area contributed by atoms with Crippen LogP contribution in [-0.4, -0.2) is 28.4 Å². The van der Waals surface area contributed by atoms with Crippen molar-refractivity contribution in [1.82, 2.24) is 5.32 Å². The van der Waals surface area contributed by atoms with Crippen molar-refractivity contribution in [3.63, 3.8) is 0 Å². The number of hydrogen-bond acceptors (Lipinski definition) is 5. The number of sulfonamides is 1. The van der Waals surface area contributed by atoms with Gasteiger partial charge >= 0.3 is 0 Å². The average molecular weight is 480 g/mol. The summed E-state index contributed by atoms with van der Waals surface area (Å²) in [5.41, 5.74) is 4.60. The minimum Gasteiger partial charge on any atom is -0.464 e. The van der Waals surface area contributed by atoms with E-state index < -0.39 is 21.5 Å². The molecule has 2 N–H and O–H groups in total. The van der Waals surface area contributed by atoms with E-state index in [0.29, 0.717) is 17.0 Å². The lowest BCUT2D eigenvalue weighted by atomic mass is 9.91. The molecule has 34 heavy (non-hydrogen) atoms. The smallest absolute Gasteiger partial charge is 0.237 e. The largest absolute Gasteiger partial charge is 0.464 e. The number of rotatable bonds is 6. The van der Waals surface area contributed by atoms with E-state index in [9.17, 15) is 13.2 Å². The molecular formula is C26H29N3O4S. The summed E-state index contributed by atoms with van der Waals surface area (Å²) < 4.78 is 32.5. The summed E-state index contributed by atoms with van der Waals surface area (Å²) in [6, 6.07) is 15.0. The molecule has 2 aliphatic rings. The van der Waals surface area contributed by atoms with Crippen molar-refractivity contribution in [3.8, 4) is 0 Å². The molecule has 1 unspecified atom stereocenters. The summed E-state index contributed by atoms with van der Waals surface area (Å²) in [5, 5.41) is 3.27. The second kappa shape index (κ2) is 7.91. The fourth-order valence-corrected chi connectivity index (χ4v) is 6.01. The van der Waals surface area contributed by atoms with Crippen LogP contribution < -0.4 is 14.9 Å². The molecule has 7 nitrogen and oxygen atoms in total. The zero-order valence-corrected chi connectivity index (χ0v) is 20.6. The Morgan fingerprint density at radius 3 is 2.50 bits per heavy atom. The zero-order valence-electron chi connectivity index (χ0n) is 19.8. The van der Waals surface area contributed by atoms with E-state index in [4.69, 9.17) is 4.42 Å². The van der Waals surface area contributed by atoms with Crippen LogP contribution in [0.5, 0.6) is 0 Å². The van der Waals surface area contributed by atoms with Crippen molar-refractivity contribution in [2.75, 3.05) is 23.7 Å². The van der Waals surface area contributed by atoms with Crippen LogP contribution in [0.4, 0.5) is 11.4 Å². The molecule has 0 bridgehead atoms. The van der Waals surface area contributed by atoms with Gasteiger partial charge in [-0.1, -0.05) is 24.3 Å². The number of furan rings is 1. The molecule has 178 valence electrons. The minimum absolute atomic E-state index is 0.0578. The molecule has 8 heteroatoms. The third-order valence-corrected chi connectivity index (χ3v) is 7.98. The summed E-state index contributed by atoms with van der Waals surface area (Å²) in [5.74, 6) is 1.32. The van der Waals surface area contributed by atoms with Crippen LogP contribution in [-0.2, 0) is 26.0 Å². The van der Waals surface area contributed by atoms with Gasteiger partial charge in [0.1, 0.15) is 17.6 Å². The fraction of sp³-hybridized carbons (Fsp3) is 0.346. The summed E-state index contributed by atoms with van der Waals surface area (Å²) >= 11 is 0. The molecule has 1 saturated carbocycles. The predicted octanol–water partition coefficient (Wildman–Crippen LogP) is 4.16. The first-order chi connectivity index (χ1) is 16.1. The Kier molecular flexibility index (Phi) is 5.24. The lowest BCUT2D eigenvalue weighted by Crippen LogP contribution is -2.38. The quantitative estimate of drug-likeness (QED) is 0.554. The second-order valence-electron chi connectivity index (χ2n) is 9.63. The number of carbonyl (C=O) groups is 1. The Morgan fingerprint density at radius 2 is 1.85 bits per heavy atom. The summed E-state index contributed by atoms with van der Waals surface area (Å²) in [7, 11) is 0.631. The number of amides is 1. The first-order valence-corrected chi connectivity index (χ1v) is 13.0. The zero-order chi connectivity index (χ0) is 24.3. The maximum Gasteiger partial charge on any atom is 0.237 e. The van der Waals surface area contributed by atoms with Crippen molar-refractivity contribution in [2.45, 2.75) is 43.9 Å². The highest BCUT2D eigenvalue weighted by Gasteiger charge is 2.52. The molecule has 1 aliphatic heterocycles. The Morgan fingerprint density at radius 1 is 1.09 bits per heavy atom. The molecule has 2 aromatic carbocycles. The van der Waals surface area contributed by atoms with Gasteiger partial charge in [0.15, 0.2) is 0 Å². The van der Waals surface area contributed by atoms with Gasteiger partial charge in [-0.15, -0.1) is 0 Å². The first kappa shape index (κ1) is 22.5. The van der Waals surface area contributed by atoms with Crippen LogP contribution in [0.2, 0.25) is 0 Å². The molecule has 1 aliphatic carbocycles. The van der Waals surface area contributed by atoms with Crippen LogP contribution in [0.3, 0.4) is 0 Å². The fourth-order valence-electron chi connectivity index (χ4n) is 4.76. The maximum absolute atomic E-state index is 13.8. The third kappa shape index (κ3) is 3.96. The predicted molar refractivity (Wildman–Crippen MR) is 133 cm³/mol. The van der Waals surface area contributed by atoms with E-state index in [0.717, 1.165) is 41.0 Å². The number of aryl methyl sites for hydroxylation is 2. The highest BCUT2D eigenvalue weighted by atomic mass is 32.2. The van der Waals surface area contributed by atoms with Gasteiger partial charge in [0.05, 0.1) is 16.9 Å². The minimum atomic E-state index is -3.34. The number of benzene rings is 2. The third-order valence-electron chi connectivity index (χ3n) is 6.75. The van der Waals surface area contributed by atoms with E-state index in [1.807, 2.05) is 69.2 Å². The van der Waals surface area contributed by atoms with Crippen LogP contribution in [0.25, 0.3) is 0 Å². The van der Waals surface area contributed by atoms with Crippen LogP contribution in [0.15, 0.2) is 52.9 Å². The summed E-state index contributed by atoms with van der Waals surface area (Å²) in [6.07, 6.45) is 1.44. The van der Waals surface area contributed by atoms with Crippen molar-refractivity contribution in [3.05, 3.63) is 82.3 Å². The van der Waals surface area contributed by atoms with Gasteiger partial charge < -0.3 is 14.6 Å². The summed E-state index contributed by atoms with van der Waals surface area (Å²) in [4.78, 5) is 15.8. The number of carbonyl (C=O) groups excluding carboxylic acids is 1. The van der Waals surface area contributed by atoms with Gasteiger partial charge in [0.2, 0.25) is 15.9 Å². The van der Waals surface area contributed by atoms with E-state index in [-0.39, 0.29) is 11.7 Å². The molecule has 0 saturated heterocycles. The van der Waals surface area contributed by atoms with Crippen molar-refractivity contribution in [2.24, 2.45) is 0 Å². The normalized spacial score (nSPS) is 18.0. The van der Waals surface area contributed by atoms with E-state index in [1.165, 1.54) is 0 Å². The molecular weight excluding hydrogens is 450 g/mol. The highest BCUT2D eigenvalue weighted by Crippen LogP contribution is 2.50. The molecule has 1 atom stereocenters. The van der Waals surface area contributed by atoms with E-state index in [2.05, 4.69) is 16.1 Å². The molecule has 1 fully saturated rings. The molecule has 2 heterocycles. The monoisotopic (exact) mass is 479 g/mol. The lowest BCUT2D eigenvalue weighted by Gasteiger charge is -2.26. The Bertz CT molecular complexity index is 1390. The van der Waals surface area contributed by atoms with Crippen molar-refractivity contribution in [1.29, 1.82) is 0 Å². The van der Waals surface area contributed by atoms with Gasteiger partial charge in [-0.25, -0.2) is 8.42 Å². The topological polar surface area (TPSA) is 91.6 Å². The number of anilines is 2. The van der Waals surface area contributed by atoms with Crippen LogP contribution in [0, 0.1) is 13.8 Å². The number of nitrogens with zero attached hydrogens (tertiary/aromatic N) is 1. The van der Waals surface area contributed by atoms with Gasteiger partial charge in [-0.2, -0.15) is 0 Å². The summed E-state index contributed by atoms with van der Waals surface area (Å²) in [6.45, 7) is 3.93. The standard InChI is InChI=1S/C26H29N3O4S/c1-16-5-8-20(22(13-16)29(3)4)24(23-10-6-17(2)33-23)27-25(30)26(11-12-26)19-7-9-21-18(14-19)15-34(31,32)28-21/h5-10,13-14,24,28H,11-12,15H2,1-4H3,(H,27,30). The van der Waals surface area contributed by atoms with Crippen LogP contribution in [0.1, 0.15) is 52.7 Å². The van der Waals surface area contributed by atoms with E-state index >= 15 is 0 Å². The molecule has 3 aromatic rings. The molecule has 1 amide bonds. The Balaban J connectivity index is 1.50. The van der Waals surface area contributed by atoms with Gasteiger partial charge in [-0.3, -0.25) is 9.52 Å². The highest BCUT2D eigenvalue weighted by molar-refractivity contribution is 7.92. The Hall–Kier alpha value is -3.26. The lowest BCUT2D eigenvalue weighted by molar-refractivity contribution is -0.124. The SMILES string of the molecule is Cc1ccc(C(NC(=O)C2(c3ccc4c(c3)CS(=O)(=O)N4)CC2)c2ccc(C)o2)c(N(C)C)c1. The van der Waals surface area contributed by atoms with Gasteiger partial charge in [0, 0.05) is 25.3 Å². The molecule has 1 aromatic heterocycles. The average Bonchev–Trinajstić information content (AvgIpc) is 3.38. The van der Waals surface area contributed by atoms with E-state index in [1.54, 1.807) is 6.07 Å². The first-order valence-electron chi connectivity index (χ1n) is 11.4. The van der Waals surface area contributed by atoms with Gasteiger partial charge in [0.25, 0.3) is 0 Å². The number of hydrogen-bond donors (Lipinski definition) is 2. The molecule has 0 spiro atoms. The number of nitrogens with one attached hydrogen (secondary N) is 2. The van der Waals surface area contributed by atoms with Gasteiger partial charge in [-0.05, 0) is 67.6 Å². The second-order valence-corrected chi connectivity index (χ2v) is 11.3. The Labute approximate surface area is 200 Å². The molecule has 0 radical (unpaired) electrons. The van der Waals surface area contributed by atoms with Crippen LogP contribution >= 0.6 is 0 Å². The number of fused-ring (bicyclic) bond motifs is 1. The molecule has 5 rings (SSSR count). The maximum atomic E-state index is 13.8.